The number of nitrogens with zero attached hydrogens (tertiary/aromatic N) is 1. The molecule has 1 N–H and O–H groups in total. The molecule has 116 valence electrons. The van der Waals surface area contributed by atoms with Crippen LogP contribution in [0.5, 0.6) is 5.75 Å². The maximum Gasteiger partial charge on any atom is 0.257 e. The summed E-state index contributed by atoms with van der Waals surface area (Å²) in [5.74, 6) is 1.28. The average Bonchev–Trinajstić information content (AvgIpc) is 2.89. The van der Waals surface area contributed by atoms with Crippen molar-refractivity contribution in [1.82, 2.24) is 4.98 Å². The third-order valence-electron chi connectivity index (χ3n) is 3.81. The summed E-state index contributed by atoms with van der Waals surface area (Å²) in [5.41, 5.74) is 1.74. The molecule has 0 bridgehead atoms. The van der Waals surface area contributed by atoms with Crippen molar-refractivity contribution >= 4 is 22.4 Å². The second-order valence-electron chi connectivity index (χ2n) is 5.65. The van der Waals surface area contributed by atoms with Gasteiger partial charge < -0.3 is 4.74 Å². The SMILES string of the molecule is CCOc1cccc(C(=O)Nc2nc3c(s2)C[C@H](C)CC3)c1. The van der Waals surface area contributed by atoms with Crippen LogP contribution in [-0.2, 0) is 12.8 Å². The van der Waals surface area contributed by atoms with Crippen LogP contribution in [-0.4, -0.2) is 17.5 Å². The van der Waals surface area contributed by atoms with Gasteiger partial charge in [-0.05, 0) is 50.3 Å². The van der Waals surface area contributed by atoms with Gasteiger partial charge in [-0.3, -0.25) is 10.1 Å². The van der Waals surface area contributed by atoms with Gasteiger partial charge in [0.1, 0.15) is 5.75 Å². The number of aryl methyl sites for hydroxylation is 1. The quantitative estimate of drug-likeness (QED) is 0.930. The van der Waals surface area contributed by atoms with E-state index in [0.717, 1.165) is 18.5 Å². The Morgan fingerprint density at radius 2 is 2.36 bits per heavy atom. The Hall–Kier alpha value is -1.88. The molecule has 0 radical (unpaired) electrons. The topological polar surface area (TPSA) is 51.2 Å². The highest BCUT2D eigenvalue weighted by Crippen LogP contribution is 2.32. The molecule has 0 saturated carbocycles. The van der Waals surface area contributed by atoms with Crippen LogP contribution in [0.1, 0.15) is 41.2 Å². The van der Waals surface area contributed by atoms with Crippen molar-refractivity contribution in [3.05, 3.63) is 40.4 Å². The number of rotatable bonds is 4. The molecule has 22 heavy (non-hydrogen) atoms. The van der Waals surface area contributed by atoms with Crippen molar-refractivity contribution in [3.63, 3.8) is 0 Å². The lowest BCUT2D eigenvalue weighted by Gasteiger charge is -2.15. The Labute approximate surface area is 134 Å². The highest BCUT2D eigenvalue weighted by molar-refractivity contribution is 7.15. The number of hydrogen-bond acceptors (Lipinski definition) is 4. The van der Waals surface area contributed by atoms with Gasteiger partial charge in [0.25, 0.3) is 5.91 Å². The summed E-state index contributed by atoms with van der Waals surface area (Å²) in [6, 6.07) is 7.22. The normalized spacial score (nSPS) is 16.9. The minimum Gasteiger partial charge on any atom is -0.494 e. The van der Waals surface area contributed by atoms with Crippen molar-refractivity contribution in [2.45, 2.75) is 33.1 Å². The second kappa shape index (κ2) is 6.48. The van der Waals surface area contributed by atoms with Gasteiger partial charge in [0, 0.05) is 10.4 Å². The molecule has 1 heterocycles. The van der Waals surface area contributed by atoms with Crippen LogP contribution in [0.2, 0.25) is 0 Å². The van der Waals surface area contributed by atoms with Crippen molar-refractivity contribution in [2.75, 3.05) is 11.9 Å². The zero-order valence-electron chi connectivity index (χ0n) is 12.9. The summed E-state index contributed by atoms with van der Waals surface area (Å²) >= 11 is 1.60. The Morgan fingerprint density at radius 1 is 1.50 bits per heavy atom. The lowest BCUT2D eigenvalue weighted by molar-refractivity contribution is 0.102. The van der Waals surface area contributed by atoms with Crippen LogP contribution >= 0.6 is 11.3 Å². The summed E-state index contributed by atoms with van der Waals surface area (Å²) in [5, 5.41) is 3.61. The predicted octanol–water partition coefficient (Wildman–Crippen LogP) is 3.92. The Bertz CT molecular complexity index is 681. The van der Waals surface area contributed by atoms with Gasteiger partial charge in [-0.1, -0.05) is 13.0 Å². The number of nitrogens with one attached hydrogen (secondary N) is 1. The molecule has 0 aliphatic heterocycles. The van der Waals surface area contributed by atoms with E-state index in [9.17, 15) is 4.79 Å². The molecule has 2 aromatic rings. The molecule has 0 fully saturated rings. The van der Waals surface area contributed by atoms with Crippen molar-refractivity contribution in [2.24, 2.45) is 5.92 Å². The molecule has 1 aromatic carbocycles. The molecule has 1 aliphatic carbocycles. The van der Waals surface area contributed by atoms with E-state index < -0.39 is 0 Å². The number of carbonyl (C=O) groups is 1. The maximum absolute atomic E-state index is 12.3. The van der Waals surface area contributed by atoms with Gasteiger partial charge in [-0.25, -0.2) is 4.98 Å². The van der Waals surface area contributed by atoms with E-state index in [0.29, 0.717) is 29.0 Å². The summed E-state index contributed by atoms with van der Waals surface area (Å²) in [6.45, 7) is 4.77. The number of anilines is 1. The van der Waals surface area contributed by atoms with Gasteiger partial charge in [0.05, 0.1) is 12.3 Å². The Kier molecular flexibility index (Phi) is 4.43. The zero-order chi connectivity index (χ0) is 15.5. The molecule has 0 saturated heterocycles. The minimum atomic E-state index is -0.138. The average molecular weight is 316 g/mol. The lowest BCUT2D eigenvalue weighted by Crippen LogP contribution is -2.12. The summed E-state index contributed by atoms with van der Waals surface area (Å²) in [7, 11) is 0. The van der Waals surface area contributed by atoms with Crippen molar-refractivity contribution in [3.8, 4) is 5.75 Å². The fourth-order valence-electron chi connectivity index (χ4n) is 2.66. The molecular weight excluding hydrogens is 296 g/mol. The summed E-state index contributed by atoms with van der Waals surface area (Å²) in [6.07, 6.45) is 3.27. The van der Waals surface area contributed by atoms with E-state index in [1.807, 2.05) is 19.1 Å². The van der Waals surface area contributed by atoms with E-state index in [1.165, 1.54) is 11.3 Å². The summed E-state index contributed by atoms with van der Waals surface area (Å²) in [4.78, 5) is 18.2. The smallest absolute Gasteiger partial charge is 0.257 e. The van der Waals surface area contributed by atoms with Crippen molar-refractivity contribution in [1.29, 1.82) is 0 Å². The van der Waals surface area contributed by atoms with Gasteiger partial charge in [0.15, 0.2) is 5.13 Å². The fourth-order valence-corrected chi connectivity index (χ4v) is 3.82. The maximum atomic E-state index is 12.3. The zero-order valence-corrected chi connectivity index (χ0v) is 13.7. The van der Waals surface area contributed by atoms with E-state index in [2.05, 4.69) is 17.2 Å². The number of aromatic nitrogens is 1. The van der Waals surface area contributed by atoms with Crippen LogP contribution in [0.3, 0.4) is 0 Å². The van der Waals surface area contributed by atoms with Gasteiger partial charge in [-0.2, -0.15) is 0 Å². The second-order valence-corrected chi connectivity index (χ2v) is 6.74. The van der Waals surface area contributed by atoms with Crippen LogP contribution in [0.15, 0.2) is 24.3 Å². The standard InChI is InChI=1S/C17H20N2O2S/c1-3-21-13-6-4-5-12(10-13)16(20)19-17-18-14-8-7-11(2)9-15(14)22-17/h4-6,10-11H,3,7-9H2,1-2H3,(H,18,19,20)/t11-/m1/s1. The highest BCUT2D eigenvalue weighted by atomic mass is 32.1. The fraction of sp³-hybridized carbons (Fsp3) is 0.412. The van der Waals surface area contributed by atoms with E-state index >= 15 is 0 Å². The molecule has 1 aromatic heterocycles. The van der Waals surface area contributed by atoms with Crippen LogP contribution in [0.4, 0.5) is 5.13 Å². The van der Waals surface area contributed by atoms with E-state index in [4.69, 9.17) is 4.74 Å². The molecule has 0 spiro atoms. The number of carbonyl (C=O) groups excluding carboxylic acids is 1. The van der Waals surface area contributed by atoms with Crippen molar-refractivity contribution < 1.29 is 9.53 Å². The predicted molar refractivity (Wildman–Crippen MR) is 88.9 cm³/mol. The molecule has 4 nitrogen and oxygen atoms in total. The molecule has 5 heteroatoms. The van der Waals surface area contributed by atoms with Crippen LogP contribution in [0.25, 0.3) is 0 Å². The van der Waals surface area contributed by atoms with Crippen LogP contribution in [0, 0.1) is 5.92 Å². The van der Waals surface area contributed by atoms with E-state index in [1.54, 1.807) is 23.5 Å². The number of hydrogen-bond donors (Lipinski definition) is 1. The molecule has 1 amide bonds. The van der Waals surface area contributed by atoms with Gasteiger partial charge in [0.2, 0.25) is 0 Å². The lowest BCUT2D eigenvalue weighted by atomic mass is 9.93. The number of fused-ring (bicyclic) bond motifs is 1. The molecule has 3 rings (SSSR count). The van der Waals surface area contributed by atoms with Gasteiger partial charge >= 0.3 is 0 Å². The number of thiazole rings is 1. The first-order valence-corrected chi connectivity index (χ1v) is 8.50. The minimum absolute atomic E-state index is 0.138. The Balaban J connectivity index is 1.73. The number of amides is 1. The molecular formula is C17H20N2O2S. The number of ether oxygens (including phenoxy) is 1. The monoisotopic (exact) mass is 316 g/mol. The highest BCUT2D eigenvalue weighted by Gasteiger charge is 2.20. The first-order chi connectivity index (χ1) is 10.7. The van der Waals surface area contributed by atoms with E-state index in [-0.39, 0.29) is 5.91 Å². The third kappa shape index (κ3) is 3.30. The van der Waals surface area contributed by atoms with Gasteiger partial charge in [-0.15, -0.1) is 11.3 Å². The molecule has 1 atom stereocenters. The Morgan fingerprint density at radius 3 is 3.18 bits per heavy atom. The first kappa shape index (κ1) is 15.0. The molecule has 0 unspecified atom stereocenters. The number of benzene rings is 1. The first-order valence-electron chi connectivity index (χ1n) is 7.68. The third-order valence-corrected chi connectivity index (χ3v) is 4.85. The summed E-state index contributed by atoms with van der Waals surface area (Å²) < 4.78 is 5.43. The van der Waals surface area contributed by atoms with Crippen LogP contribution < -0.4 is 10.1 Å². The molecule has 1 aliphatic rings. The largest absolute Gasteiger partial charge is 0.494 e.